The molecule has 3 aromatic carbocycles. The quantitative estimate of drug-likeness (QED) is 0.730. The predicted octanol–water partition coefficient (Wildman–Crippen LogP) is 4.84. The number of ketones is 1. The van der Waals surface area contributed by atoms with Crippen LogP contribution in [0.2, 0.25) is 0 Å². The lowest BCUT2D eigenvalue weighted by atomic mass is 9.84. The van der Waals surface area contributed by atoms with Crippen LogP contribution < -0.4 is 5.32 Å². The van der Waals surface area contributed by atoms with Crippen LogP contribution in [0.5, 0.6) is 0 Å². The minimum absolute atomic E-state index is 0.186. The summed E-state index contributed by atoms with van der Waals surface area (Å²) in [5.41, 5.74) is 6.06. The molecule has 2 nitrogen and oxygen atoms in total. The van der Waals surface area contributed by atoms with Gasteiger partial charge in [-0.05, 0) is 29.3 Å². The van der Waals surface area contributed by atoms with Gasteiger partial charge in [-0.1, -0.05) is 54.6 Å². The predicted molar refractivity (Wildman–Crippen MR) is 89.6 cm³/mol. The maximum Gasteiger partial charge on any atom is 0.167 e. The fourth-order valence-corrected chi connectivity index (χ4v) is 3.04. The van der Waals surface area contributed by atoms with E-state index in [2.05, 4.69) is 11.4 Å². The van der Waals surface area contributed by atoms with Gasteiger partial charge in [-0.3, -0.25) is 4.79 Å². The first-order valence-corrected chi connectivity index (χ1v) is 7.39. The molecule has 0 bridgehead atoms. The summed E-state index contributed by atoms with van der Waals surface area (Å²) >= 11 is 0. The Morgan fingerprint density at radius 1 is 0.727 bits per heavy atom. The number of para-hydroxylation sites is 1. The highest BCUT2D eigenvalue weighted by atomic mass is 16.1. The molecule has 1 N–H and O–H groups in total. The minimum atomic E-state index is 0.186. The molecule has 3 aromatic rings. The standard InChI is InChI=1S/C20H15NO/c22-19-13-14-7-4-5-10-16(14)20-17(19)11-6-12-18(20)21-15-8-2-1-3-9-15/h1-12,21H,13H2. The Kier molecular flexibility index (Phi) is 3.01. The molecule has 0 saturated carbocycles. The molecule has 4 rings (SSSR count). The van der Waals surface area contributed by atoms with Crippen LogP contribution in [0.3, 0.4) is 0 Å². The molecule has 0 saturated heterocycles. The van der Waals surface area contributed by atoms with Gasteiger partial charge in [-0.15, -0.1) is 0 Å². The molecule has 0 unspecified atom stereocenters. The molecular formula is C20H15NO. The first-order valence-electron chi connectivity index (χ1n) is 7.39. The van der Waals surface area contributed by atoms with Crippen molar-refractivity contribution in [2.24, 2.45) is 0 Å². The highest BCUT2D eigenvalue weighted by molar-refractivity contribution is 6.10. The first-order chi connectivity index (χ1) is 10.8. The zero-order chi connectivity index (χ0) is 14.9. The second kappa shape index (κ2) is 5.15. The number of anilines is 2. The Morgan fingerprint density at radius 3 is 2.32 bits per heavy atom. The van der Waals surface area contributed by atoms with Gasteiger partial charge >= 0.3 is 0 Å². The monoisotopic (exact) mass is 285 g/mol. The Morgan fingerprint density at radius 2 is 1.45 bits per heavy atom. The van der Waals surface area contributed by atoms with Crippen LogP contribution in [-0.2, 0) is 6.42 Å². The van der Waals surface area contributed by atoms with Crippen molar-refractivity contribution in [3.05, 3.63) is 83.9 Å². The van der Waals surface area contributed by atoms with E-state index in [1.807, 2.05) is 66.7 Å². The lowest BCUT2D eigenvalue weighted by molar-refractivity contribution is 0.0992. The number of Topliss-reactive ketones (excluding diaryl/α,β-unsaturated/α-hetero) is 1. The van der Waals surface area contributed by atoms with Crippen LogP contribution in [0.25, 0.3) is 11.1 Å². The number of hydrogen-bond donors (Lipinski definition) is 1. The van der Waals surface area contributed by atoms with Gasteiger partial charge in [0.15, 0.2) is 5.78 Å². The van der Waals surface area contributed by atoms with Crippen molar-refractivity contribution in [2.45, 2.75) is 6.42 Å². The van der Waals surface area contributed by atoms with E-state index < -0.39 is 0 Å². The summed E-state index contributed by atoms with van der Waals surface area (Å²) in [4.78, 5) is 12.4. The molecule has 0 amide bonds. The van der Waals surface area contributed by atoms with Crippen LogP contribution in [0.4, 0.5) is 11.4 Å². The molecule has 0 radical (unpaired) electrons. The number of carbonyl (C=O) groups excluding carboxylic acids is 1. The number of nitrogens with one attached hydrogen (secondary N) is 1. The van der Waals surface area contributed by atoms with Gasteiger partial charge in [0.2, 0.25) is 0 Å². The van der Waals surface area contributed by atoms with Crippen molar-refractivity contribution in [2.75, 3.05) is 5.32 Å². The molecular weight excluding hydrogens is 270 g/mol. The van der Waals surface area contributed by atoms with Crippen molar-refractivity contribution in [3.8, 4) is 11.1 Å². The van der Waals surface area contributed by atoms with E-state index in [1.54, 1.807) is 0 Å². The van der Waals surface area contributed by atoms with Crippen LogP contribution in [-0.4, -0.2) is 5.78 Å². The largest absolute Gasteiger partial charge is 0.355 e. The Hall–Kier alpha value is -2.87. The second-order valence-corrected chi connectivity index (χ2v) is 5.48. The lowest BCUT2D eigenvalue weighted by Crippen LogP contribution is -2.13. The number of fused-ring (bicyclic) bond motifs is 3. The normalized spacial score (nSPS) is 12.5. The molecule has 0 aliphatic heterocycles. The zero-order valence-corrected chi connectivity index (χ0v) is 12.0. The van der Waals surface area contributed by atoms with Crippen molar-refractivity contribution >= 4 is 17.2 Å². The number of benzene rings is 3. The number of hydrogen-bond acceptors (Lipinski definition) is 2. The van der Waals surface area contributed by atoms with Crippen LogP contribution in [0.1, 0.15) is 15.9 Å². The third kappa shape index (κ3) is 2.09. The maximum atomic E-state index is 12.4. The van der Waals surface area contributed by atoms with E-state index in [0.29, 0.717) is 6.42 Å². The van der Waals surface area contributed by atoms with Crippen molar-refractivity contribution in [1.29, 1.82) is 0 Å². The molecule has 22 heavy (non-hydrogen) atoms. The third-order valence-electron chi connectivity index (χ3n) is 4.06. The van der Waals surface area contributed by atoms with Gasteiger partial charge in [0.1, 0.15) is 0 Å². The maximum absolute atomic E-state index is 12.4. The van der Waals surface area contributed by atoms with Gasteiger partial charge in [0.25, 0.3) is 0 Å². The summed E-state index contributed by atoms with van der Waals surface area (Å²) in [6.45, 7) is 0. The summed E-state index contributed by atoms with van der Waals surface area (Å²) < 4.78 is 0. The SMILES string of the molecule is O=C1Cc2ccccc2-c2c(Nc3ccccc3)cccc21. The number of rotatable bonds is 2. The highest BCUT2D eigenvalue weighted by Gasteiger charge is 2.24. The molecule has 1 aliphatic rings. The van der Waals surface area contributed by atoms with Gasteiger partial charge in [-0.2, -0.15) is 0 Å². The van der Waals surface area contributed by atoms with E-state index >= 15 is 0 Å². The second-order valence-electron chi connectivity index (χ2n) is 5.48. The summed E-state index contributed by atoms with van der Waals surface area (Å²) in [7, 11) is 0. The molecule has 0 atom stereocenters. The Labute approximate surface area is 129 Å². The van der Waals surface area contributed by atoms with Crippen molar-refractivity contribution < 1.29 is 4.79 Å². The Bertz CT molecular complexity index is 853. The van der Waals surface area contributed by atoms with Gasteiger partial charge < -0.3 is 5.32 Å². The molecule has 0 aromatic heterocycles. The molecule has 0 spiro atoms. The summed E-state index contributed by atoms with van der Waals surface area (Å²) in [6.07, 6.45) is 0.484. The molecule has 0 fully saturated rings. The minimum Gasteiger partial charge on any atom is -0.355 e. The lowest BCUT2D eigenvalue weighted by Gasteiger charge is -2.22. The molecule has 0 heterocycles. The van der Waals surface area contributed by atoms with Crippen LogP contribution in [0.15, 0.2) is 72.8 Å². The molecule has 1 aliphatic carbocycles. The van der Waals surface area contributed by atoms with Gasteiger partial charge in [0.05, 0.1) is 0 Å². The smallest absolute Gasteiger partial charge is 0.167 e. The van der Waals surface area contributed by atoms with Crippen LogP contribution in [0, 0.1) is 0 Å². The summed E-state index contributed by atoms with van der Waals surface area (Å²) in [5, 5.41) is 3.44. The fraction of sp³-hybridized carbons (Fsp3) is 0.0500. The zero-order valence-electron chi connectivity index (χ0n) is 12.0. The van der Waals surface area contributed by atoms with Crippen molar-refractivity contribution in [1.82, 2.24) is 0 Å². The Balaban J connectivity index is 1.89. The summed E-state index contributed by atoms with van der Waals surface area (Å²) in [6, 6.07) is 24.1. The summed E-state index contributed by atoms with van der Waals surface area (Å²) in [5.74, 6) is 0.186. The van der Waals surface area contributed by atoms with E-state index in [1.165, 1.54) is 0 Å². The average Bonchev–Trinajstić information content (AvgIpc) is 2.56. The molecule has 2 heteroatoms. The van der Waals surface area contributed by atoms with E-state index in [4.69, 9.17) is 0 Å². The molecule has 106 valence electrons. The van der Waals surface area contributed by atoms with E-state index in [-0.39, 0.29) is 5.78 Å². The van der Waals surface area contributed by atoms with Gasteiger partial charge in [-0.25, -0.2) is 0 Å². The van der Waals surface area contributed by atoms with E-state index in [9.17, 15) is 4.79 Å². The van der Waals surface area contributed by atoms with Crippen LogP contribution >= 0.6 is 0 Å². The average molecular weight is 285 g/mol. The fourth-order valence-electron chi connectivity index (χ4n) is 3.04. The van der Waals surface area contributed by atoms with Crippen molar-refractivity contribution in [3.63, 3.8) is 0 Å². The highest BCUT2D eigenvalue weighted by Crippen LogP contribution is 2.39. The first kappa shape index (κ1) is 12.8. The third-order valence-corrected chi connectivity index (χ3v) is 4.06. The van der Waals surface area contributed by atoms with Gasteiger partial charge in [0, 0.05) is 28.9 Å². The topological polar surface area (TPSA) is 29.1 Å². The number of carbonyl (C=O) groups is 1. The van der Waals surface area contributed by atoms with E-state index in [0.717, 1.165) is 33.6 Å².